The molecule has 0 bridgehead atoms. The summed E-state index contributed by atoms with van der Waals surface area (Å²) in [6, 6.07) is 18.2. The number of aryl methyl sites for hydroxylation is 2. The van der Waals surface area contributed by atoms with Crippen molar-refractivity contribution in [3.05, 3.63) is 83.4 Å². The summed E-state index contributed by atoms with van der Waals surface area (Å²) in [6.07, 6.45) is 6.64. The third-order valence-corrected chi connectivity index (χ3v) is 5.19. The van der Waals surface area contributed by atoms with Gasteiger partial charge in [-0.15, -0.1) is 0 Å². The molecule has 0 unspecified atom stereocenters. The molecule has 0 amide bonds. The van der Waals surface area contributed by atoms with Crippen LogP contribution in [0.25, 0.3) is 22.3 Å². The number of halogens is 2. The highest BCUT2D eigenvalue weighted by atomic mass is 19.1. The van der Waals surface area contributed by atoms with Crippen LogP contribution in [0.2, 0.25) is 0 Å². The van der Waals surface area contributed by atoms with Crippen molar-refractivity contribution >= 4 is 0 Å². The van der Waals surface area contributed by atoms with Crippen molar-refractivity contribution in [2.75, 3.05) is 0 Å². The van der Waals surface area contributed by atoms with Gasteiger partial charge in [0.05, 0.1) is 0 Å². The molecule has 28 heavy (non-hydrogen) atoms. The van der Waals surface area contributed by atoms with E-state index in [2.05, 4.69) is 13.8 Å². The summed E-state index contributed by atoms with van der Waals surface area (Å²) < 4.78 is 29.6. The van der Waals surface area contributed by atoms with E-state index in [1.807, 2.05) is 48.5 Å². The lowest BCUT2D eigenvalue weighted by Gasteiger charge is -2.10. The number of hydrogen-bond donors (Lipinski definition) is 0. The first-order valence-electron chi connectivity index (χ1n) is 10.3. The Labute approximate surface area is 167 Å². The maximum Gasteiger partial charge on any atom is 0.131 e. The molecular weight excluding hydrogens is 350 g/mol. The third-order valence-electron chi connectivity index (χ3n) is 5.19. The van der Waals surface area contributed by atoms with Crippen LogP contribution in [0.5, 0.6) is 0 Å². The normalized spacial score (nSPS) is 11.0. The van der Waals surface area contributed by atoms with Crippen molar-refractivity contribution in [1.82, 2.24) is 0 Å². The first-order chi connectivity index (χ1) is 13.6. The fourth-order valence-electron chi connectivity index (χ4n) is 3.56. The summed E-state index contributed by atoms with van der Waals surface area (Å²) >= 11 is 0. The zero-order chi connectivity index (χ0) is 19.9. The van der Waals surface area contributed by atoms with Gasteiger partial charge in [-0.3, -0.25) is 0 Å². The van der Waals surface area contributed by atoms with Gasteiger partial charge >= 0.3 is 0 Å². The summed E-state index contributed by atoms with van der Waals surface area (Å²) in [7, 11) is 0. The van der Waals surface area contributed by atoms with Crippen LogP contribution in [0.3, 0.4) is 0 Å². The Morgan fingerprint density at radius 1 is 0.571 bits per heavy atom. The predicted molar refractivity (Wildman–Crippen MR) is 114 cm³/mol. The second-order valence-electron chi connectivity index (χ2n) is 7.41. The molecule has 3 rings (SSSR count). The minimum absolute atomic E-state index is 0.306. The van der Waals surface area contributed by atoms with Crippen LogP contribution in [0, 0.1) is 11.6 Å². The Morgan fingerprint density at radius 2 is 1.04 bits per heavy atom. The first-order valence-corrected chi connectivity index (χ1v) is 10.3. The molecule has 0 fully saturated rings. The lowest BCUT2D eigenvalue weighted by molar-refractivity contribution is 0.606. The number of rotatable bonds is 8. The molecule has 3 aromatic rings. The molecule has 0 N–H and O–H groups in total. The van der Waals surface area contributed by atoms with Gasteiger partial charge in [0.1, 0.15) is 11.6 Å². The Hall–Kier alpha value is -2.48. The summed E-state index contributed by atoms with van der Waals surface area (Å²) in [4.78, 5) is 0. The monoisotopic (exact) mass is 378 g/mol. The second-order valence-corrected chi connectivity index (χ2v) is 7.41. The molecule has 0 spiro atoms. The number of benzene rings is 3. The molecule has 0 radical (unpaired) electrons. The van der Waals surface area contributed by atoms with Crippen LogP contribution in [-0.2, 0) is 12.8 Å². The molecule has 2 heteroatoms. The maximum atomic E-state index is 14.8. The van der Waals surface area contributed by atoms with Crippen molar-refractivity contribution in [3.63, 3.8) is 0 Å². The topological polar surface area (TPSA) is 0 Å². The molecule has 0 nitrogen and oxygen atoms in total. The Kier molecular flexibility index (Phi) is 6.97. The average Bonchev–Trinajstić information content (AvgIpc) is 2.71. The molecule has 146 valence electrons. The van der Waals surface area contributed by atoms with Gasteiger partial charge in [-0.2, -0.15) is 0 Å². The van der Waals surface area contributed by atoms with Crippen LogP contribution in [0.15, 0.2) is 60.7 Å². The lowest BCUT2D eigenvalue weighted by Crippen LogP contribution is -1.93. The Bertz CT molecular complexity index is 893. The van der Waals surface area contributed by atoms with Crippen LogP contribution < -0.4 is 0 Å². The highest BCUT2D eigenvalue weighted by molar-refractivity contribution is 5.72. The van der Waals surface area contributed by atoms with Crippen molar-refractivity contribution < 1.29 is 8.78 Å². The van der Waals surface area contributed by atoms with Crippen molar-refractivity contribution in [2.45, 2.75) is 52.4 Å². The summed E-state index contributed by atoms with van der Waals surface area (Å²) in [5, 5.41) is 0. The molecule has 0 saturated carbocycles. The van der Waals surface area contributed by atoms with Crippen molar-refractivity contribution in [1.29, 1.82) is 0 Å². The minimum atomic E-state index is -0.397. The lowest BCUT2D eigenvalue weighted by atomic mass is 9.96. The molecule has 0 aliphatic heterocycles. The maximum absolute atomic E-state index is 14.8. The molecule has 0 heterocycles. The van der Waals surface area contributed by atoms with Crippen LogP contribution in [0.1, 0.15) is 50.7 Å². The summed E-state index contributed by atoms with van der Waals surface area (Å²) in [5.41, 5.74) is 4.48. The van der Waals surface area contributed by atoms with Crippen molar-refractivity contribution in [2.24, 2.45) is 0 Å². The van der Waals surface area contributed by atoms with Gasteiger partial charge in [0, 0.05) is 11.1 Å². The Morgan fingerprint density at radius 3 is 1.46 bits per heavy atom. The van der Waals surface area contributed by atoms with Gasteiger partial charge in [-0.25, -0.2) is 8.78 Å². The van der Waals surface area contributed by atoms with Gasteiger partial charge in [0.25, 0.3) is 0 Å². The van der Waals surface area contributed by atoms with E-state index in [1.54, 1.807) is 0 Å². The standard InChI is InChI=1S/C26H28F2/c1-3-5-6-8-20-11-15-22(16-12-20)24-18-25(27)23(17-26(24)28)21-13-9-19(7-4-2)10-14-21/h9-18H,3-8H2,1-2H3. The quantitative estimate of drug-likeness (QED) is 0.348. The molecule has 3 aromatic carbocycles. The summed E-state index contributed by atoms with van der Waals surface area (Å²) in [6.45, 7) is 4.31. The molecule has 0 aliphatic carbocycles. The highest BCUT2D eigenvalue weighted by Gasteiger charge is 2.13. The fourth-order valence-corrected chi connectivity index (χ4v) is 3.56. The van der Waals surface area contributed by atoms with E-state index in [-0.39, 0.29) is 0 Å². The fraction of sp³-hybridized carbons (Fsp3) is 0.308. The van der Waals surface area contributed by atoms with Crippen LogP contribution in [0.4, 0.5) is 8.78 Å². The van der Waals surface area contributed by atoms with Crippen molar-refractivity contribution in [3.8, 4) is 22.3 Å². The predicted octanol–water partition coefficient (Wildman–Crippen LogP) is 7.98. The molecule has 0 saturated heterocycles. The van der Waals surface area contributed by atoms with E-state index in [1.165, 1.54) is 36.1 Å². The molecular formula is C26H28F2. The minimum Gasteiger partial charge on any atom is -0.206 e. The number of unbranched alkanes of at least 4 members (excludes halogenated alkanes) is 2. The van der Waals surface area contributed by atoms with E-state index in [0.717, 1.165) is 25.7 Å². The zero-order valence-electron chi connectivity index (χ0n) is 16.8. The first kappa shape index (κ1) is 20.3. The van der Waals surface area contributed by atoms with Crippen LogP contribution in [-0.4, -0.2) is 0 Å². The highest BCUT2D eigenvalue weighted by Crippen LogP contribution is 2.31. The van der Waals surface area contributed by atoms with E-state index < -0.39 is 11.6 Å². The largest absolute Gasteiger partial charge is 0.206 e. The Balaban J connectivity index is 1.83. The van der Waals surface area contributed by atoms with Crippen LogP contribution >= 0.6 is 0 Å². The smallest absolute Gasteiger partial charge is 0.131 e. The van der Waals surface area contributed by atoms with E-state index >= 15 is 0 Å². The average molecular weight is 379 g/mol. The van der Waals surface area contributed by atoms with Gasteiger partial charge in [0.15, 0.2) is 0 Å². The molecule has 0 atom stereocenters. The van der Waals surface area contributed by atoms with Gasteiger partial charge in [0.2, 0.25) is 0 Å². The third kappa shape index (κ3) is 4.86. The molecule has 0 aromatic heterocycles. The van der Waals surface area contributed by atoms with Gasteiger partial charge in [-0.05, 0) is 53.6 Å². The molecule has 0 aliphatic rings. The number of hydrogen-bond acceptors (Lipinski definition) is 0. The van der Waals surface area contributed by atoms with Gasteiger partial charge in [-0.1, -0.05) is 81.6 Å². The zero-order valence-corrected chi connectivity index (χ0v) is 16.8. The second kappa shape index (κ2) is 9.64. The van der Waals surface area contributed by atoms with E-state index in [4.69, 9.17) is 0 Å². The van der Waals surface area contributed by atoms with Gasteiger partial charge < -0.3 is 0 Å². The van der Waals surface area contributed by atoms with E-state index in [9.17, 15) is 8.78 Å². The summed E-state index contributed by atoms with van der Waals surface area (Å²) in [5.74, 6) is -0.792. The van der Waals surface area contributed by atoms with E-state index in [0.29, 0.717) is 22.3 Å². The SMILES string of the molecule is CCCCCc1ccc(-c2cc(F)c(-c3ccc(CCC)cc3)cc2F)cc1.